The molecule has 4 nitrogen and oxygen atoms in total. The Morgan fingerprint density at radius 1 is 1.08 bits per heavy atom. The SMILES string of the molecule is CC(=O)O[C@H]1CC[C@H]2[C@@H]3[C@@H]4O[C@@H]4[C@]45O[C@H]4CCC[C@]5(C)[C@H]3CC[C@]12C. The molecule has 6 fully saturated rings. The van der Waals surface area contributed by atoms with Crippen LogP contribution in [0, 0.1) is 28.6 Å². The van der Waals surface area contributed by atoms with E-state index in [0.717, 1.165) is 12.3 Å². The van der Waals surface area contributed by atoms with E-state index in [-0.39, 0.29) is 23.1 Å². The quantitative estimate of drug-likeness (QED) is 0.539. The minimum atomic E-state index is -0.120. The molecule has 0 bridgehead atoms. The van der Waals surface area contributed by atoms with E-state index in [4.69, 9.17) is 14.2 Å². The molecule has 0 radical (unpaired) electrons. The summed E-state index contributed by atoms with van der Waals surface area (Å²) >= 11 is 0. The van der Waals surface area contributed by atoms with Crippen LogP contribution in [0.5, 0.6) is 0 Å². The Morgan fingerprint density at radius 3 is 2.72 bits per heavy atom. The number of carbonyl (C=O) groups excluding carboxylic acids is 1. The van der Waals surface area contributed by atoms with Crippen molar-refractivity contribution in [2.75, 3.05) is 0 Å². The molecule has 2 aliphatic heterocycles. The molecule has 138 valence electrons. The molecular formula is C21H30O4. The van der Waals surface area contributed by atoms with Crippen molar-refractivity contribution in [1.82, 2.24) is 0 Å². The van der Waals surface area contributed by atoms with Crippen molar-refractivity contribution in [2.24, 2.45) is 28.6 Å². The van der Waals surface area contributed by atoms with Crippen molar-refractivity contribution in [3.05, 3.63) is 0 Å². The minimum Gasteiger partial charge on any atom is -0.462 e. The smallest absolute Gasteiger partial charge is 0.302 e. The second-order valence-electron chi connectivity index (χ2n) is 10.2. The summed E-state index contributed by atoms with van der Waals surface area (Å²) in [4.78, 5) is 11.6. The zero-order valence-corrected chi connectivity index (χ0v) is 15.6. The van der Waals surface area contributed by atoms with E-state index >= 15 is 0 Å². The van der Waals surface area contributed by atoms with Gasteiger partial charge in [-0.3, -0.25) is 4.79 Å². The highest BCUT2D eigenvalue weighted by Crippen LogP contribution is 2.76. The van der Waals surface area contributed by atoms with Gasteiger partial charge in [-0.05, 0) is 56.3 Å². The van der Waals surface area contributed by atoms with Crippen molar-refractivity contribution in [3.8, 4) is 0 Å². The monoisotopic (exact) mass is 346 g/mol. The first-order valence-electron chi connectivity index (χ1n) is 10.4. The van der Waals surface area contributed by atoms with Crippen molar-refractivity contribution < 1.29 is 19.0 Å². The second-order valence-corrected chi connectivity index (χ2v) is 10.2. The maximum absolute atomic E-state index is 11.6. The molecular weight excluding hydrogens is 316 g/mol. The Labute approximate surface area is 150 Å². The molecule has 0 amide bonds. The third kappa shape index (κ3) is 1.62. The predicted octanol–water partition coefficient (Wildman–Crippen LogP) is 3.47. The van der Waals surface area contributed by atoms with Gasteiger partial charge in [-0.25, -0.2) is 0 Å². The number of hydrogen-bond donors (Lipinski definition) is 0. The Kier molecular flexibility index (Phi) is 2.74. The summed E-state index contributed by atoms with van der Waals surface area (Å²) in [7, 11) is 0. The predicted molar refractivity (Wildman–Crippen MR) is 90.8 cm³/mol. The molecule has 1 spiro atoms. The van der Waals surface area contributed by atoms with Crippen LogP contribution in [-0.4, -0.2) is 36.0 Å². The van der Waals surface area contributed by atoms with Crippen LogP contribution in [0.3, 0.4) is 0 Å². The van der Waals surface area contributed by atoms with E-state index < -0.39 is 0 Å². The van der Waals surface area contributed by atoms with Crippen LogP contribution in [0.1, 0.15) is 65.7 Å². The van der Waals surface area contributed by atoms with Gasteiger partial charge in [0, 0.05) is 17.8 Å². The van der Waals surface area contributed by atoms with Gasteiger partial charge in [0.2, 0.25) is 0 Å². The molecule has 0 aromatic rings. The molecule has 4 aliphatic carbocycles. The summed E-state index contributed by atoms with van der Waals surface area (Å²) in [5.74, 6) is 1.88. The van der Waals surface area contributed by atoms with Gasteiger partial charge in [-0.15, -0.1) is 0 Å². The molecule has 4 heteroatoms. The Morgan fingerprint density at radius 2 is 1.92 bits per heavy atom. The first kappa shape index (κ1) is 15.4. The van der Waals surface area contributed by atoms with Crippen LogP contribution in [-0.2, 0) is 19.0 Å². The van der Waals surface area contributed by atoms with E-state index in [0.29, 0.717) is 35.6 Å². The molecule has 0 unspecified atom stereocenters. The molecule has 2 heterocycles. The van der Waals surface area contributed by atoms with E-state index in [1.807, 2.05) is 0 Å². The van der Waals surface area contributed by atoms with Gasteiger partial charge in [0.25, 0.3) is 0 Å². The van der Waals surface area contributed by atoms with Gasteiger partial charge in [0.1, 0.15) is 17.8 Å². The number of hydrogen-bond acceptors (Lipinski definition) is 4. The average molecular weight is 346 g/mol. The summed E-state index contributed by atoms with van der Waals surface area (Å²) in [6, 6.07) is 0. The maximum atomic E-state index is 11.6. The van der Waals surface area contributed by atoms with Crippen LogP contribution in [0.25, 0.3) is 0 Å². The third-order valence-electron chi connectivity index (χ3n) is 9.51. The van der Waals surface area contributed by atoms with Gasteiger partial charge >= 0.3 is 5.97 Å². The summed E-state index contributed by atoms with van der Waals surface area (Å²) in [5, 5.41) is 0. The summed E-state index contributed by atoms with van der Waals surface area (Å²) in [6.07, 6.45) is 9.81. The Balaban J connectivity index is 1.37. The fourth-order valence-electron chi connectivity index (χ4n) is 8.38. The van der Waals surface area contributed by atoms with Crippen molar-refractivity contribution >= 4 is 5.97 Å². The summed E-state index contributed by atoms with van der Waals surface area (Å²) in [6.45, 7) is 6.46. The van der Waals surface area contributed by atoms with E-state index in [2.05, 4.69) is 13.8 Å². The number of epoxide rings is 2. The number of carbonyl (C=O) groups is 1. The lowest BCUT2D eigenvalue weighted by Crippen LogP contribution is -2.61. The molecule has 2 saturated heterocycles. The highest BCUT2D eigenvalue weighted by molar-refractivity contribution is 5.66. The minimum absolute atomic E-state index is 0.0543. The van der Waals surface area contributed by atoms with Crippen LogP contribution < -0.4 is 0 Å². The van der Waals surface area contributed by atoms with E-state index in [1.54, 1.807) is 6.92 Å². The Hall–Kier alpha value is -0.610. The van der Waals surface area contributed by atoms with Crippen molar-refractivity contribution in [2.45, 2.75) is 95.7 Å². The van der Waals surface area contributed by atoms with Crippen LogP contribution >= 0.6 is 0 Å². The molecule has 6 aliphatic rings. The number of fused-ring (bicyclic) bond motifs is 6. The third-order valence-corrected chi connectivity index (χ3v) is 9.51. The zero-order chi connectivity index (χ0) is 17.2. The van der Waals surface area contributed by atoms with Gasteiger partial charge in [-0.2, -0.15) is 0 Å². The lowest BCUT2D eigenvalue weighted by molar-refractivity contribution is -0.159. The fourth-order valence-corrected chi connectivity index (χ4v) is 8.38. The lowest BCUT2D eigenvalue weighted by atomic mass is 9.45. The molecule has 6 rings (SSSR count). The molecule has 0 aromatic carbocycles. The molecule has 10 atom stereocenters. The Bertz CT molecular complexity index is 648. The fraction of sp³-hybridized carbons (Fsp3) is 0.952. The maximum Gasteiger partial charge on any atom is 0.302 e. The van der Waals surface area contributed by atoms with E-state index in [9.17, 15) is 4.79 Å². The van der Waals surface area contributed by atoms with Gasteiger partial charge in [0.05, 0.1) is 12.2 Å². The van der Waals surface area contributed by atoms with Crippen molar-refractivity contribution in [3.63, 3.8) is 0 Å². The number of ether oxygens (including phenoxy) is 3. The summed E-state index contributed by atoms with van der Waals surface area (Å²) < 4.78 is 18.5. The van der Waals surface area contributed by atoms with Gasteiger partial charge in [0.15, 0.2) is 0 Å². The number of esters is 1. The first-order chi connectivity index (χ1) is 11.9. The molecule has 25 heavy (non-hydrogen) atoms. The highest BCUT2D eigenvalue weighted by Gasteiger charge is 2.85. The summed E-state index contributed by atoms with van der Waals surface area (Å²) in [5.41, 5.74) is 0.487. The first-order valence-corrected chi connectivity index (χ1v) is 10.4. The lowest BCUT2D eigenvalue weighted by Gasteiger charge is -2.57. The molecule has 0 aromatic heterocycles. The van der Waals surface area contributed by atoms with E-state index in [1.165, 1.54) is 38.5 Å². The molecule has 4 saturated carbocycles. The standard InChI is InChI=1S/C21H30O4/c1-11(22)23-14-7-6-12-16-13(8-10-19(12,14)2)20(3)9-4-5-15-21(20,25-15)18-17(16)24-18/h12-18H,4-10H2,1-3H3/t12-,13-,14-,15-,16-,17-,18-,19-,20+,21+/m0/s1. The topological polar surface area (TPSA) is 51.4 Å². The average Bonchev–Trinajstić information content (AvgIpc) is 3.43. The second kappa shape index (κ2) is 4.44. The highest BCUT2D eigenvalue weighted by atomic mass is 16.7. The van der Waals surface area contributed by atoms with Gasteiger partial charge in [-0.1, -0.05) is 20.3 Å². The zero-order valence-electron chi connectivity index (χ0n) is 15.6. The van der Waals surface area contributed by atoms with Crippen LogP contribution in [0.2, 0.25) is 0 Å². The van der Waals surface area contributed by atoms with Gasteiger partial charge < -0.3 is 14.2 Å². The largest absolute Gasteiger partial charge is 0.462 e. The van der Waals surface area contributed by atoms with Crippen LogP contribution in [0.15, 0.2) is 0 Å². The number of rotatable bonds is 1. The molecule has 0 N–H and O–H groups in total. The normalized spacial score (nSPS) is 63.4. The van der Waals surface area contributed by atoms with Crippen LogP contribution in [0.4, 0.5) is 0 Å². The van der Waals surface area contributed by atoms with Crippen molar-refractivity contribution in [1.29, 1.82) is 0 Å².